The first-order valence-electron chi connectivity index (χ1n) is 3.93. The number of hydrogen-bond acceptors (Lipinski definition) is 1. The number of allylic oxidation sites excluding steroid dienone is 6. The van der Waals surface area contributed by atoms with Gasteiger partial charge in [0.1, 0.15) is 0 Å². The molecule has 0 aliphatic heterocycles. The van der Waals surface area contributed by atoms with Crippen molar-refractivity contribution >= 4 is 5.97 Å². The van der Waals surface area contributed by atoms with Gasteiger partial charge in [0.2, 0.25) is 0 Å². The highest BCUT2D eigenvalue weighted by atomic mass is 16.4. The van der Waals surface area contributed by atoms with E-state index in [9.17, 15) is 4.79 Å². The van der Waals surface area contributed by atoms with Crippen LogP contribution in [0.1, 0.15) is 19.8 Å². The Morgan fingerprint density at radius 1 is 1.25 bits per heavy atom. The maximum atomic E-state index is 10.1. The third-order valence-electron chi connectivity index (χ3n) is 1.19. The van der Waals surface area contributed by atoms with Gasteiger partial charge < -0.3 is 5.11 Å². The quantitative estimate of drug-likeness (QED) is 0.637. The largest absolute Gasteiger partial charge is 0.481 e. The summed E-state index contributed by atoms with van der Waals surface area (Å²) in [6.45, 7) is 1.94. The predicted molar refractivity (Wildman–Crippen MR) is 50.0 cm³/mol. The molecule has 0 bridgehead atoms. The van der Waals surface area contributed by atoms with E-state index in [4.69, 9.17) is 5.11 Å². The Labute approximate surface area is 72.9 Å². The molecule has 0 aliphatic rings. The number of carbonyl (C=O) groups is 1. The van der Waals surface area contributed by atoms with Crippen LogP contribution in [-0.2, 0) is 4.79 Å². The monoisotopic (exact) mass is 166 g/mol. The Morgan fingerprint density at radius 2 is 1.92 bits per heavy atom. The molecular formula is C10H14O2. The maximum Gasteiger partial charge on any atom is 0.303 e. The number of carboxylic acid groups (broad SMARTS) is 1. The van der Waals surface area contributed by atoms with Gasteiger partial charge in [-0.1, -0.05) is 36.5 Å². The maximum absolute atomic E-state index is 10.1. The summed E-state index contributed by atoms with van der Waals surface area (Å²) in [6, 6.07) is 0. The van der Waals surface area contributed by atoms with Crippen molar-refractivity contribution in [3.8, 4) is 0 Å². The smallest absolute Gasteiger partial charge is 0.303 e. The highest BCUT2D eigenvalue weighted by molar-refractivity contribution is 5.66. The molecule has 0 aliphatic carbocycles. The molecule has 0 aromatic rings. The number of aliphatic carboxylic acids is 1. The van der Waals surface area contributed by atoms with E-state index in [1.54, 1.807) is 0 Å². The molecule has 0 unspecified atom stereocenters. The second-order valence-corrected chi connectivity index (χ2v) is 2.27. The molecule has 0 fully saturated rings. The molecule has 0 heterocycles. The lowest BCUT2D eigenvalue weighted by atomic mass is 10.3. The van der Waals surface area contributed by atoms with E-state index in [1.807, 2.05) is 43.4 Å². The van der Waals surface area contributed by atoms with E-state index >= 15 is 0 Å². The Hall–Kier alpha value is -1.31. The van der Waals surface area contributed by atoms with Crippen molar-refractivity contribution in [2.75, 3.05) is 0 Å². The van der Waals surface area contributed by atoms with E-state index < -0.39 is 5.97 Å². The van der Waals surface area contributed by atoms with Crippen molar-refractivity contribution < 1.29 is 9.90 Å². The summed E-state index contributed by atoms with van der Waals surface area (Å²) >= 11 is 0. The highest BCUT2D eigenvalue weighted by Crippen LogP contribution is 1.90. The van der Waals surface area contributed by atoms with Crippen molar-refractivity contribution in [1.29, 1.82) is 0 Å². The number of rotatable bonds is 5. The molecule has 0 radical (unpaired) electrons. The van der Waals surface area contributed by atoms with E-state index in [0.29, 0.717) is 6.42 Å². The van der Waals surface area contributed by atoms with Crippen molar-refractivity contribution in [2.24, 2.45) is 0 Å². The van der Waals surface area contributed by atoms with Gasteiger partial charge in [0.15, 0.2) is 0 Å². The van der Waals surface area contributed by atoms with Crippen LogP contribution in [0.25, 0.3) is 0 Å². The number of hydrogen-bond donors (Lipinski definition) is 1. The topological polar surface area (TPSA) is 37.3 Å². The first kappa shape index (κ1) is 10.7. The van der Waals surface area contributed by atoms with Crippen LogP contribution < -0.4 is 0 Å². The molecule has 0 amide bonds. The van der Waals surface area contributed by atoms with Crippen molar-refractivity contribution in [2.45, 2.75) is 19.8 Å². The molecule has 0 aromatic carbocycles. The molecule has 0 atom stereocenters. The van der Waals surface area contributed by atoms with E-state index in [1.165, 1.54) is 0 Å². The SMILES string of the molecule is C/C=C/C=C/C=C/CCC(=O)O. The van der Waals surface area contributed by atoms with Gasteiger partial charge >= 0.3 is 5.97 Å². The van der Waals surface area contributed by atoms with Crippen LogP contribution in [0.4, 0.5) is 0 Å². The van der Waals surface area contributed by atoms with Crippen LogP contribution in [0.3, 0.4) is 0 Å². The summed E-state index contributed by atoms with van der Waals surface area (Å²) < 4.78 is 0. The summed E-state index contributed by atoms with van der Waals surface area (Å²) in [5, 5.41) is 8.29. The summed E-state index contributed by atoms with van der Waals surface area (Å²) in [4.78, 5) is 10.1. The minimum Gasteiger partial charge on any atom is -0.481 e. The lowest BCUT2D eigenvalue weighted by molar-refractivity contribution is -0.136. The van der Waals surface area contributed by atoms with E-state index in [0.717, 1.165) is 0 Å². The zero-order valence-electron chi connectivity index (χ0n) is 7.23. The lowest BCUT2D eigenvalue weighted by Gasteiger charge is -1.84. The summed E-state index contributed by atoms with van der Waals surface area (Å²) in [7, 11) is 0. The molecule has 66 valence electrons. The molecule has 0 aromatic heterocycles. The second-order valence-electron chi connectivity index (χ2n) is 2.27. The molecule has 1 N–H and O–H groups in total. The Bertz CT molecular complexity index is 200. The normalized spacial score (nSPS) is 12.1. The fourth-order valence-electron chi connectivity index (χ4n) is 0.621. The lowest BCUT2D eigenvalue weighted by Crippen LogP contribution is -1.91. The molecular weight excluding hydrogens is 152 g/mol. The second kappa shape index (κ2) is 7.79. The van der Waals surface area contributed by atoms with E-state index in [-0.39, 0.29) is 6.42 Å². The van der Waals surface area contributed by atoms with Crippen molar-refractivity contribution in [3.63, 3.8) is 0 Å². The fourth-order valence-corrected chi connectivity index (χ4v) is 0.621. The van der Waals surface area contributed by atoms with Gasteiger partial charge in [-0.3, -0.25) is 4.79 Å². The van der Waals surface area contributed by atoms with Gasteiger partial charge in [0, 0.05) is 6.42 Å². The first-order valence-corrected chi connectivity index (χ1v) is 3.93. The zero-order valence-corrected chi connectivity index (χ0v) is 7.23. The van der Waals surface area contributed by atoms with Crippen molar-refractivity contribution in [1.82, 2.24) is 0 Å². The minimum absolute atomic E-state index is 0.202. The molecule has 2 nitrogen and oxygen atoms in total. The highest BCUT2D eigenvalue weighted by Gasteiger charge is 1.90. The molecule has 0 saturated heterocycles. The van der Waals surface area contributed by atoms with Crippen LogP contribution in [0, 0.1) is 0 Å². The summed E-state index contributed by atoms with van der Waals surface area (Å²) in [5.41, 5.74) is 0. The molecule has 0 spiro atoms. The molecule has 0 rings (SSSR count). The van der Waals surface area contributed by atoms with Gasteiger partial charge in [-0.05, 0) is 13.3 Å². The standard InChI is InChI=1S/C10H14O2/c1-2-3-4-5-6-7-8-9-10(11)12/h2-7H,8-9H2,1H3,(H,11,12)/b3-2+,5-4+,7-6+. The molecule has 12 heavy (non-hydrogen) atoms. The fraction of sp³-hybridized carbons (Fsp3) is 0.300. The average Bonchev–Trinajstić information content (AvgIpc) is 2.02. The predicted octanol–water partition coefficient (Wildman–Crippen LogP) is 2.54. The molecule has 0 saturated carbocycles. The van der Waals surface area contributed by atoms with Gasteiger partial charge in [-0.25, -0.2) is 0 Å². The summed E-state index contributed by atoms with van der Waals surface area (Å²) in [6.07, 6.45) is 12.1. The van der Waals surface area contributed by atoms with Crippen LogP contribution >= 0.6 is 0 Å². The van der Waals surface area contributed by atoms with Crippen molar-refractivity contribution in [3.05, 3.63) is 36.5 Å². The third-order valence-corrected chi connectivity index (χ3v) is 1.19. The average molecular weight is 166 g/mol. The van der Waals surface area contributed by atoms with Crippen LogP contribution in [0.15, 0.2) is 36.5 Å². The Balaban J connectivity index is 3.43. The van der Waals surface area contributed by atoms with Gasteiger partial charge in [0.25, 0.3) is 0 Å². The van der Waals surface area contributed by atoms with Gasteiger partial charge in [-0.15, -0.1) is 0 Å². The Morgan fingerprint density at radius 3 is 2.50 bits per heavy atom. The van der Waals surface area contributed by atoms with Gasteiger partial charge in [0.05, 0.1) is 0 Å². The Kier molecular flexibility index (Phi) is 6.94. The van der Waals surface area contributed by atoms with E-state index in [2.05, 4.69) is 0 Å². The minimum atomic E-state index is -0.753. The van der Waals surface area contributed by atoms with Crippen LogP contribution in [0.5, 0.6) is 0 Å². The zero-order chi connectivity index (χ0) is 9.23. The first-order chi connectivity index (χ1) is 5.77. The number of carboxylic acids is 1. The third kappa shape index (κ3) is 8.69. The van der Waals surface area contributed by atoms with Crippen LogP contribution in [0.2, 0.25) is 0 Å². The molecule has 2 heteroatoms. The van der Waals surface area contributed by atoms with Gasteiger partial charge in [-0.2, -0.15) is 0 Å². The van der Waals surface area contributed by atoms with Crippen LogP contribution in [-0.4, -0.2) is 11.1 Å². The summed E-state index contributed by atoms with van der Waals surface area (Å²) in [5.74, 6) is -0.753.